The van der Waals surface area contributed by atoms with Gasteiger partial charge in [-0.2, -0.15) is 0 Å². The lowest BCUT2D eigenvalue weighted by Gasteiger charge is -1.84. The molecule has 0 fully saturated rings. The molecule has 0 heterocycles. The Morgan fingerprint density at radius 2 is 1.80 bits per heavy atom. The molecule has 0 aromatic heterocycles. The Morgan fingerprint density at radius 1 is 1.50 bits per heavy atom. The lowest BCUT2D eigenvalue weighted by Crippen LogP contribution is -2.11. The maximum atomic E-state index is 9.66. The number of carboxylic acid groups (broad SMARTS) is 2. The van der Waals surface area contributed by atoms with Crippen LogP contribution in [0.4, 0.5) is 0 Å². The zero-order valence-electron chi connectivity index (χ0n) is 5.02. The van der Waals surface area contributed by atoms with Crippen molar-refractivity contribution in [2.45, 2.75) is 0 Å². The average molecular weight is 148 g/mol. The second kappa shape index (κ2) is 7.28. The second-order valence-corrected chi connectivity index (χ2v) is 1.03. The van der Waals surface area contributed by atoms with Crippen LogP contribution in [-0.4, -0.2) is 22.7 Å². The largest absolute Gasteiger partial charge is 0.483 e. The molecule has 0 aromatic carbocycles. The fraction of sp³-hybridized carbons (Fsp3) is 0. The van der Waals surface area contributed by atoms with Gasteiger partial charge in [-0.15, -0.1) is 0 Å². The van der Waals surface area contributed by atoms with Crippen LogP contribution >= 0.6 is 0 Å². The number of nitrogens with two attached hydrogens (primary N) is 2. The Bertz CT molecular complexity index is 142. The van der Waals surface area contributed by atoms with E-state index in [1.54, 1.807) is 0 Å². The van der Waals surface area contributed by atoms with Crippen LogP contribution < -0.4 is 11.5 Å². The smallest absolute Gasteiger partial charge is 0.353 e. The SMILES string of the molecule is NC=C(N)C(=O)O.O=CO. The Hall–Kier alpha value is -1.72. The predicted octanol–water partition coefficient (Wildman–Crippen LogP) is -1.47. The molecular weight excluding hydrogens is 140 g/mol. The van der Waals surface area contributed by atoms with Crippen LogP contribution in [0.15, 0.2) is 11.9 Å². The molecule has 6 heteroatoms. The minimum atomic E-state index is -1.19. The molecule has 0 aliphatic carbocycles. The van der Waals surface area contributed by atoms with Crippen LogP contribution in [0.1, 0.15) is 0 Å². The molecule has 0 bridgehead atoms. The molecule has 0 radical (unpaired) electrons. The van der Waals surface area contributed by atoms with E-state index >= 15 is 0 Å². The van der Waals surface area contributed by atoms with E-state index in [4.69, 9.17) is 26.5 Å². The van der Waals surface area contributed by atoms with Crippen molar-refractivity contribution in [1.82, 2.24) is 0 Å². The van der Waals surface area contributed by atoms with Gasteiger partial charge in [-0.25, -0.2) is 4.79 Å². The third-order valence-electron chi connectivity index (χ3n) is 0.427. The van der Waals surface area contributed by atoms with E-state index in [9.17, 15) is 4.79 Å². The number of carbonyl (C=O) groups is 2. The van der Waals surface area contributed by atoms with E-state index in [0.29, 0.717) is 0 Å². The molecule has 0 aliphatic rings. The first-order valence-electron chi connectivity index (χ1n) is 2.08. The van der Waals surface area contributed by atoms with Gasteiger partial charge in [0.2, 0.25) is 0 Å². The molecule has 0 aromatic rings. The molecule has 0 aliphatic heterocycles. The number of rotatable bonds is 1. The molecule has 10 heavy (non-hydrogen) atoms. The highest BCUT2D eigenvalue weighted by Gasteiger charge is 1.95. The highest BCUT2D eigenvalue weighted by atomic mass is 16.4. The van der Waals surface area contributed by atoms with Gasteiger partial charge in [-0.05, 0) is 0 Å². The molecule has 0 unspecified atom stereocenters. The Kier molecular flexibility index (Phi) is 8.10. The van der Waals surface area contributed by atoms with E-state index < -0.39 is 5.97 Å². The van der Waals surface area contributed by atoms with E-state index in [2.05, 4.69) is 0 Å². The standard InChI is InChI=1S/C3H6N2O2.CH2O2/c4-1-2(5)3(6)7;2-1-3/h1H,4-5H2,(H,6,7);1H,(H,2,3). The van der Waals surface area contributed by atoms with E-state index in [1.807, 2.05) is 0 Å². The summed E-state index contributed by atoms with van der Waals surface area (Å²) in [5.41, 5.74) is 9.12. The van der Waals surface area contributed by atoms with Crippen molar-refractivity contribution >= 4 is 12.4 Å². The van der Waals surface area contributed by atoms with Crippen molar-refractivity contribution in [1.29, 1.82) is 0 Å². The van der Waals surface area contributed by atoms with Crippen molar-refractivity contribution in [3.63, 3.8) is 0 Å². The second-order valence-electron chi connectivity index (χ2n) is 1.03. The van der Waals surface area contributed by atoms with Crippen LogP contribution in [-0.2, 0) is 9.59 Å². The lowest BCUT2D eigenvalue weighted by atomic mass is 10.5. The number of hydrogen-bond donors (Lipinski definition) is 4. The molecule has 0 amide bonds. The molecule has 0 rings (SSSR count). The Morgan fingerprint density at radius 3 is 1.80 bits per heavy atom. The summed E-state index contributed by atoms with van der Waals surface area (Å²) in [6.45, 7) is -0.250. The van der Waals surface area contributed by atoms with Gasteiger partial charge >= 0.3 is 5.97 Å². The minimum Gasteiger partial charge on any atom is -0.483 e. The summed E-state index contributed by atoms with van der Waals surface area (Å²) in [7, 11) is 0. The topological polar surface area (TPSA) is 127 Å². The Balaban J connectivity index is 0. The summed E-state index contributed by atoms with van der Waals surface area (Å²) >= 11 is 0. The first-order chi connectivity index (χ1) is 4.59. The fourth-order valence-electron chi connectivity index (χ4n) is 0.0713. The lowest BCUT2D eigenvalue weighted by molar-refractivity contribution is -0.132. The van der Waals surface area contributed by atoms with Crippen molar-refractivity contribution < 1.29 is 19.8 Å². The monoisotopic (exact) mass is 148 g/mol. The average Bonchev–Trinajstić information content (AvgIpc) is 1.88. The first kappa shape index (κ1) is 11.1. The van der Waals surface area contributed by atoms with Gasteiger partial charge in [-0.3, -0.25) is 4.79 Å². The molecule has 0 saturated heterocycles. The van der Waals surface area contributed by atoms with Crippen LogP contribution in [0.2, 0.25) is 0 Å². The highest BCUT2D eigenvalue weighted by molar-refractivity contribution is 5.85. The van der Waals surface area contributed by atoms with Gasteiger partial charge in [-0.1, -0.05) is 0 Å². The summed E-state index contributed by atoms with van der Waals surface area (Å²) in [5.74, 6) is -1.19. The van der Waals surface area contributed by atoms with Crippen LogP contribution in [0.25, 0.3) is 0 Å². The van der Waals surface area contributed by atoms with Gasteiger partial charge in [0.15, 0.2) is 0 Å². The van der Waals surface area contributed by atoms with Gasteiger partial charge in [0, 0.05) is 6.20 Å². The first-order valence-corrected chi connectivity index (χ1v) is 2.08. The maximum absolute atomic E-state index is 9.66. The summed E-state index contributed by atoms with van der Waals surface area (Å²) in [5, 5.41) is 14.8. The van der Waals surface area contributed by atoms with Gasteiger partial charge in [0.1, 0.15) is 5.70 Å². The molecular formula is C4H8N2O4. The van der Waals surface area contributed by atoms with Gasteiger partial charge < -0.3 is 21.7 Å². The molecule has 58 valence electrons. The van der Waals surface area contributed by atoms with E-state index in [-0.39, 0.29) is 12.2 Å². The number of hydrogen-bond acceptors (Lipinski definition) is 4. The van der Waals surface area contributed by atoms with E-state index in [1.165, 1.54) is 0 Å². The zero-order chi connectivity index (χ0) is 8.57. The van der Waals surface area contributed by atoms with Gasteiger partial charge in [0.05, 0.1) is 0 Å². The van der Waals surface area contributed by atoms with Crippen molar-refractivity contribution in [2.75, 3.05) is 0 Å². The molecule has 0 atom stereocenters. The third-order valence-corrected chi connectivity index (χ3v) is 0.427. The quantitative estimate of drug-likeness (QED) is 0.265. The molecule has 6 N–H and O–H groups in total. The minimum absolute atomic E-state index is 0.250. The molecule has 0 spiro atoms. The van der Waals surface area contributed by atoms with Crippen LogP contribution in [0.3, 0.4) is 0 Å². The van der Waals surface area contributed by atoms with Crippen molar-refractivity contribution in [3.8, 4) is 0 Å². The van der Waals surface area contributed by atoms with Crippen molar-refractivity contribution in [2.24, 2.45) is 11.5 Å². The summed E-state index contributed by atoms with van der Waals surface area (Å²) in [6, 6.07) is 0. The van der Waals surface area contributed by atoms with Crippen LogP contribution in [0.5, 0.6) is 0 Å². The summed E-state index contributed by atoms with van der Waals surface area (Å²) < 4.78 is 0. The predicted molar refractivity (Wildman–Crippen MR) is 32.8 cm³/mol. The fourth-order valence-corrected chi connectivity index (χ4v) is 0.0713. The third kappa shape index (κ3) is 9.56. The number of carboxylic acids is 1. The normalized spacial score (nSPS) is 9.00. The Labute approximate surface area is 56.7 Å². The highest BCUT2D eigenvalue weighted by Crippen LogP contribution is 1.73. The molecule has 6 nitrogen and oxygen atoms in total. The van der Waals surface area contributed by atoms with Crippen molar-refractivity contribution in [3.05, 3.63) is 11.9 Å². The van der Waals surface area contributed by atoms with Crippen LogP contribution in [0, 0.1) is 0 Å². The van der Waals surface area contributed by atoms with Gasteiger partial charge in [0.25, 0.3) is 6.47 Å². The maximum Gasteiger partial charge on any atom is 0.353 e. The number of aliphatic carboxylic acids is 1. The summed E-state index contributed by atoms with van der Waals surface area (Å²) in [4.78, 5) is 18.0. The van der Waals surface area contributed by atoms with E-state index in [0.717, 1.165) is 6.20 Å². The summed E-state index contributed by atoms with van der Waals surface area (Å²) in [6.07, 6.45) is 0.836. The molecule has 0 saturated carbocycles. The zero-order valence-corrected chi connectivity index (χ0v) is 5.02.